The molecule has 1 N–H and O–H groups in total. The lowest BCUT2D eigenvalue weighted by Gasteiger charge is -2.09. The number of hydrogen-bond acceptors (Lipinski definition) is 2. The van der Waals surface area contributed by atoms with Gasteiger partial charge in [0.1, 0.15) is 5.82 Å². The minimum Gasteiger partial charge on any atom is -0.346 e. The molecular weight excluding hydrogens is 326 g/mol. The third-order valence-corrected chi connectivity index (χ3v) is 3.10. The maximum atomic E-state index is 13.6. The van der Waals surface area contributed by atoms with Crippen LogP contribution >= 0.6 is 11.6 Å². The molecule has 0 saturated carbocycles. The van der Waals surface area contributed by atoms with Crippen molar-refractivity contribution >= 4 is 17.5 Å². The number of halogens is 5. The number of carbonyl (C=O) groups is 1. The maximum Gasteiger partial charge on any atom is 0.416 e. The summed E-state index contributed by atoms with van der Waals surface area (Å²) in [5.41, 5.74) is -1.21. The second kappa shape index (κ2) is 5.96. The summed E-state index contributed by atoms with van der Waals surface area (Å²) in [6.45, 7) is -0.282. The van der Waals surface area contributed by atoms with Gasteiger partial charge in [-0.2, -0.15) is 18.3 Å². The van der Waals surface area contributed by atoms with Crippen molar-refractivity contribution in [2.75, 3.05) is 0 Å². The number of alkyl halides is 3. The molecule has 9 heteroatoms. The molecule has 0 saturated heterocycles. The molecule has 0 aliphatic rings. The molecule has 1 aromatic carbocycles. The van der Waals surface area contributed by atoms with Crippen molar-refractivity contribution in [3.8, 4) is 0 Å². The first-order valence-electron chi connectivity index (χ1n) is 6.01. The summed E-state index contributed by atoms with van der Waals surface area (Å²) in [5, 5.41) is 6.29. The van der Waals surface area contributed by atoms with E-state index >= 15 is 0 Å². The number of nitrogens with one attached hydrogen (secondary N) is 1. The minimum absolute atomic E-state index is 0.0449. The normalized spacial score (nSPS) is 11.5. The average Bonchev–Trinajstić information content (AvgIpc) is 2.75. The minimum atomic E-state index is -4.62. The van der Waals surface area contributed by atoms with Gasteiger partial charge >= 0.3 is 6.18 Å². The second-order valence-electron chi connectivity index (χ2n) is 4.49. The number of amides is 1. The molecule has 118 valence electrons. The highest BCUT2D eigenvalue weighted by molar-refractivity contribution is 6.33. The molecule has 0 aliphatic carbocycles. The predicted molar refractivity (Wildman–Crippen MR) is 70.8 cm³/mol. The van der Waals surface area contributed by atoms with Crippen LogP contribution < -0.4 is 5.32 Å². The van der Waals surface area contributed by atoms with E-state index in [1.807, 2.05) is 0 Å². The quantitative estimate of drug-likeness (QED) is 0.876. The van der Waals surface area contributed by atoms with Gasteiger partial charge in [-0.1, -0.05) is 17.7 Å². The molecule has 0 atom stereocenters. The summed E-state index contributed by atoms with van der Waals surface area (Å²) >= 11 is 5.78. The van der Waals surface area contributed by atoms with Gasteiger partial charge in [-0.05, 0) is 12.1 Å². The predicted octanol–water partition coefficient (Wildman–Crippen LogP) is 3.16. The van der Waals surface area contributed by atoms with Crippen molar-refractivity contribution in [1.82, 2.24) is 15.1 Å². The zero-order valence-corrected chi connectivity index (χ0v) is 12.0. The fourth-order valence-corrected chi connectivity index (χ4v) is 2.00. The monoisotopic (exact) mass is 335 g/mol. The molecule has 0 radical (unpaired) electrons. The third-order valence-electron chi connectivity index (χ3n) is 2.82. The van der Waals surface area contributed by atoms with Gasteiger partial charge in [-0.3, -0.25) is 9.48 Å². The standard InChI is InChI=1S/C13H10ClF4N3O/c1-21-6-9(14)11(20-21)12(22)19-5-7-2-3-8(4-10(7)15)13(16,17)18/h2-4,6H,5H2,1H3,(H,19,22). The highest BCUT2D eigenvalue weighted by atomic mass is 35.5. The van der Waals surface area contributed by atoms with Gasteiger partial charge in [0.05, 0.1) is 10.6 Å². The topological polar surface area (TPSA) is 46.9 Å². The van der Waals surface area contributed by atoms with E-state index in [4.69, 9.17) is 11.6 Å². The Morgan fingerprint density at radius 3 is 2.59 bits per heavy atom. The molecule has 0 fully saturated rings. The first kappa shape index (κ1) is 16.3. The largest absolute Gasteiger partial charge is 0.416 e. The summed E-state index contributed by atoms with van der Waals surface area (Å²) in [5.74, 6) is -1.70. The summed E-state index contributed by atoms with van der Waals surface area (Å²) in [7, 11) is 1.57. The van der Waals surface area contributed by atoms with E-state index in [1.54, 1.807) is 7.05 Å². The van der Waals surface area contributed by atoms with Crippen LogP contribution in [0.4, 0.5) is 17.6 Å². The van der Waals surface area contributed by atoms with E-state index in [0.29, 0.717) is 6.07 Å². The molecule has 1 heterocycles. The molecule has 0 bridgehead atoms. The Labute approximate surface area is 127 Å². The Kier molecular flexibility index (Phi) is 4.41. The van der Waals surface area contributed by atoms with Crippen LogP contribution in [0.25, 0.3) is 0 Å². The van der Waals surface area contributed by atoms with E-state index in [9.17, 15) is 22.4 Å². The summed E-state index contributed by atoms with van der Waals surface area (Å²) in [6, 6.07) is 2.10. The van der Waals surface area contributed by atoms with E-state index in [1.165, 1.54) is 10.9 Å². The van der Waals surface area contributed by atoms with Crippen molar-refractivity contribution in [2.45, 2.75) is 12.7 Å². The Bertz CT molecular complexity index is 712. The number of rotatable bonds is 3. The van der Waals surface area contributed by atoms with Crippen LogP contribution in [0.2, 0.25) is 5.02 Å². The molecular formula is C13H10ClF4N3O. The highest BCUT2D eigenvalue weighted by Crippen LogP contribution is 2.30. The number of aryl methyl sites for hydroxylation is 1. The Balaban J connectivity index is 2.09. The van der Waals surface area contributed by atoms with E-state index in [0.717, 1.165) is 12.1 Å². The van der Waals surface area contributed by atoms with Gasteiger partial charge in [-0.25, -0.2) is 4.39 Å². The smallest absolute Gasteiger partial charge is 0.346 e. The molecule has 0 aliphatic heterocycles. The van der Waals surface area contributed by atoms with E-state index < -0.39 is 23.5 Å². The van der Waals surface area contributed by atoms with E-state index in [-0.39, 0.29) is 22.8 Å². The fraction of sp³-hybridized carbons (Fsp3) is 0.231. The van der Waals surface area contributed by atoms with Gasteiger partial charge in [0.15, 0.2) is 5.69 Å². The van der Waals surface area contributed by atoms with Crippen LogP contribution in [-0.2, 0) is 19.8 Å². The zero-order valence-electron chi connectivity index (χ0n) is 11.2. The van der Waals surface area contributed by atoms with Gasteiger partial charge in [-0.15, -0.1) is 0 Å². The zero-order chi connectivity index (χ0) is 16.5. The molecule has 1 amide bonds. The Morgan fingerprint density at radius 1 is 1.41 bits per heavy atom. The van der Waals surface area contributed by atoms with Crippen LogP contribution in [0.3, 0.4) is 0 Å². The highest BCUT2D eigenvalue weighted by Gasteiger charge is 2.31. The molecule has 4 nitrogen and oxygen atoms in total. The van der Waals surface area contributed by atoms with Crippen molar-refractivity contribution in [2.24, 2.45) is 7.05 Å². The average molecular weight is 336 g/mol. The fourth-order valence-electron chi connectivity index (χ4n) is 1.74. The van der Waals surface area contributed by atoms with Crippen LogP contribution in [0.15, 0.2) is 24.4 Å². The number of nitrogens with zero attached hydrogens (tertiary/aromatic N) is 2. The van der Waals surface area contributed by atoms with Gasteiger partial charge in [0.2, 0.25) is 0 Å². The van der Waals surface area contributed by atoms with Crippen molar-refractivity contribution in [3.63, 3.8) is 0 Å². The van der Waals surface area contributed by atoms with Crippen molar-refractivity contribution in [3.05, 3.63) is 52.1 Å². The molecule has 0 spiro atoms. The molecule has 2 aromatic rings. The molecule has 22 heavy (non-hydrogen) atoms. The number of aromatic nitrogens is 2. The molecule has 2 rings (SSSR count). The molecule has 1 aromatic heterocycles. The van der Waals surface area contributed by atoms with Crippen molar-refractivity contribution < 1.29 is 22.4 Å². The summed E-state index contributed by atoms with van der Waals surface area (Å²) in [6.07, 6.45) is -3.21. The first-order chi connectivity index (χ1) is 10.2. The lowest BCUT2D eigenvalue weighted by Crippen LogP contribution is -2.24. The SMILES string of the molecule is Cn1cc(Cl)c(C(=O)NCc2ccc(C(F)(F)F)cc2F)n1. The van der Waals surface area contributed by atoms with Crippen molar-refractivity contribution in [1.29, 1.82) is 0 Å². The van der Waals surface area contributed by atoms with Crippen LogP contribution in [0.5, 0.6) is 0 Å². The molecule has 0 unspecified atom stereocenters. The number of hydrogen-bond donors (Lipinski definition) is 1. The number of benzene rings is 1. The van der Waals surface area contributed by atoms with Crippen LogP contribution in [0, 0.1) is 5.82 Å². The van der Waals surface area contributed by atoms with Gasteiger partial charge < -0.3 is 5.32 Å². The summed E-state index contributed by atoms with van der Waals surface area (Å²) in [4.78, 5) is 11.8. The second-order valence-corrected chi connectivity index (χ2v) is 4.89. The maximum absolute atomic E-state index is 13.6. The number of carbonyl (C=O) groups excluding carboxylic acids is 1. The van der Waals surface area contributed by atoms with E-state index in [2.05, 4.69) is 10.4 Å². The Hall–Kier alpha value is -2.09. The summed E-state index contributed by atoms with van der Waals surface area (Å²) < 4.78 is 52.2. The lowest BCUT2D eigenvalue weighted by atomic mass is 10.1. The van der Waals surface area contributed by atoms with Gasteiger partial charge in [0.25, 0.3) is 5.91 Å². The lowest BCUT2D eigenvalue weighted by molar-refractivity contribution is -0.137. The van der Waals surface area contributed by atoms with Crippen LogP contribution in [-0.4, -0.2) is 15.7 Å². The van der Waals surface area contributed by atoms with Gasteiger partial charge in [0, 0.05) is 25.4 Å². The van der Waals surface area contributed by atoms with Crippen LogP contribution in [0.1, 0.15) is 21.6 Å². The Morgan fingerprint density at radius 2 is 2.09 bits per heavy atom. The first-order valence-corrected chi connectivity index (χ1v) is 6.39. The third kappa shape index (κ3) is 3.56.